The van der Waals surface area contributed by atoms with Crippen molar-refractivity contribution in [1.29, 1.82) is 0 Å². The molecular formula is C11H14N4O3S. The summed E-state index contributed by atoms with van der Waals surface area (Å²) in [5.74, 6) is 0.517. The number of nitro benzene ring substituents is 1. The third kappa shape index (κ3) is 4.88. The Morgan fingerprint density at radius 3 is 2.58 bits per heavy atom. The lowest BCUT2D eigenvalue weighted by atomic mass is 10.2. The zero-order chi connectivity index (χ0) is 14.4. The molecule has 0 aliphatic heterocycles. The largest absolute Gasteiger partial charge is 0.485 e. The Morgan fingerprint density at radius 1 is 1.53 bits per heavy atom. The SMILES string of the molecule is C/C(=N\NC(N)=S)C(C)Oc1ccc([N+](=O)[O-])cc1. The monoisotopic (exact) mass is 282 g/mol. The van der Waals surface area contributed by atoms with Crippen LogP contribution in [0.2, 0.25) is 0 Å². The van der Waals surface area contributed by atoms with Gasteiger partial charge in [-0.05, 0) is 38.2 Å². The lowest BCUT2D eigenvalue weighted by molar-refractivity contribution is -0.384. The maximum absolute atomic E-state index is 10.5. The Kier molecular flexibility index (Phi) is 5.19. The summed E-state index contributed by atoms with van der Waals surface area (Å²) in [5.41, 5.74) is 8.37. The van der Waals surface area contributed by atoms with E-state index in [9.17, 15) is 10.1 Å². The van der Waals surface area contributed by atoms with Gasteiger partial charge in [-0.25, -0.2) is 0 Å². The van der Waals surface area contributed by atoms with Crippen LogP contribution in [-0.2, 0) is 0 Å². The predicted molar refractivity (Wildman–Crippen MR) is 76.2 cm³/mol. The molecule has 0 heterocycles. The summed E-state index contributed by atoms with van der Waals surface area (Å²) in [5, 5.41) is 14.5. The smallest absolute Gasteiger partial charge is 0.269 e. The van der Waals surface area contributed by atoms with Crippen LogP contribution in [0.5, 0.6) is 5.75 Å². The van der Waals surface area contributed by atoms with Gasteiger partial charge in [0.05, 0.1) is 10.6 Å². The van der Waals surface area contributed by atoms with E-state index >= 15 is 0 Å². The number of nitrogens with one attached hydrogen (secondary N) is 1. The Balaban J connectivity index is 2.66. The minimum Gasteiger partial charge on any atom is -0.485 e. The second kappa shape index (κ2) is 6.64. The number of nitrogens with zero attached hydrogens (tertiary/aromatic N) is 2. The minimum absolute atomic E-state index is 0.0144. The quantitative estimate of drug-likeness (QED) is 0.368. The molecule has 0 saturated heterocycles. The van der Waals surface area contributed by atoms with E-state index in [2.05, 4.69) is 22.7 Å². The van der Waals surface area contributed by atoms with Crippen LogP contribution in [0.25, 0.3) is 0 Å². The van der Waals surface area contributed by atoms with Gasteiger partial charge in [-0.15, -0.1) is 0 Å². The van der Waals surface area contributed by atoms with Crippen molar-refractivity contribution in [3.05, 3.63) is 34.4 Å². The number of hydrogen-bond acceptors (Lipinski definition) is 5. The zero-order valence-corrected chi connectivity index (χ0v) is 11.3. The van der Waals surface area contributed by atoms with Gasteiger partial charge in [0, 0.05) is 12.1 Å². The first-order valence-electron chi connectivity index (χ1n) is 5.41. The van der Waals surface area contributed by atoms with Crippen molar-refractivity contribution in [2.45, 2.75) is 20.0 Å². The van der Waals surface area contributed by atoms with Crippen molar-refractivity contribution >= 4 is 28.7 Å². The van der Waals surface area contributed by atoms with E-state index in [-0.39, 0.29) is 16.9 Å². The molecule has 0 aromatic heterocycles. The molecule has 3 N–H and O–H groups in total. The molecule has 8 heteroatoms. The van der Waals surface area contributed by atoms with Gasteiger partial charge >= 0.3 is 0 Å². The molecule has 1 aromatic carbocycles. The summed E-state index contributed by atoms with van der Waals surface area (Å²) in [6, 6.07) is 5.81. The van der Waals surface area contributed by atoms with E-state index in [1.165, 1.54) is 24.3 Å². The van der Waals surface area contributed by atoms with E-state index in [0.29, 0.717) is 11.5 Å². The molecule has 0 spiro atoms. The van der Waals surface area contributed by atoms with Gasteiger partial charge in [-0.2, -0.15) is 5.10 Å². The highest BCUT2D eigenvalue weighted by Gasteiger charge is 2.10. The van der Waals surface area contributed by atoms with Gasteiger partial charge < -0.3 is 10.5 Å². The summed E-state index contributed by atoms with van der Waals surface area (Å²) in [6.45, 7) is 3.54. The number of nitrogens with two attached hydrogens (primary N) is 1. The molecule has 1 atom stereocenters. The van der Waals surface area contributed by atoms with Crippen molar-refractivity contribution in [2.75, 3.05) is 0 Å². The molecular weight excluding hydrogens is 268 g/mol. The van der Waals surface area contributed by atoms with Crippen LogP contribution in [-0.4, -0.2) is 21.9 Å². The maximum atomic E-state index is 10.5. The molecule has 7 nitrogen and oxygen atoms in total. The van der Waals surface area contributed by atoms with Crippen molar-refractivity contribution in [3.63, 3.8) is 0 Å². The fraction of sp³-hybridized carbons (Fsp3) is 0.273. The van der Waals surface area contributed by atoms with E-state index < -0.39 is 4.92 Å². The number of non-ortho nitro benzene ring substituents is 1. The molecule has 0 saturated carbocycles. The summed E-state index contributed by atoms with van der Waals surface area (Å²) < 4.78 is 5.57. The van der Waals surface area contributed by atoms with E-state index in [4.69, 9.17) is 10.5 Å². The van der Waals surface area contributed by atoms with Gasteiger partial charge in [-0.3, -0.25) is 15.5 Å². The Bertz CT molecular complexity index is 501. The molecule has 0 bridgehead atoms. The fourth-order valence-electron chi connectivity index (χ4n) is 1.17. The Labute approximate surface area is 115 Å². The highest BCUT2D eigenvalue weighted by molar-refractivity contribution is 7.80. The zero-order valence-electron chi connectivity index (χ0n) is 10.5. The molecule has 0 aliphatic rings. The fourth-order valence-corrected chi connectivity index (χ4v) is 1.22. The van der Waals surface area contributed by atoms with E-state index in [1.807, 2.05) is 0 Å². The number of ether oxygens (including phenoxy) is 1. The summed E-state index contributed by atoms with van der Waals surface area (Å²) in [6.07, 6.45) is -0.316. The lowest BCUT2D eigenvalue weighted by Crippen LogP contribution is -2.29. The summed E-state index contributed by atoms with van der Waals surface area (Å²) in [7, 11) is 0. The summed E-state index contributed by atoms with van der Waals surface area (Å²) in [4.78, 5) is 10.0. The van der Waals surface area contributed by atoms with E-state index in [0.717, 1.165) is 0 Å². The van der Waals surface area contributed by atoms with Crippen LogP contribution in [0.15, 0.2) is 29.4 Å². The molecule has 1 unspecified atom stereocenters. The van der Waals surface area contributed by atoms with Gasteiger partial charge in [0.2, 0.25) is 0 Å². The first-order chi connectivity index (χ1) is 8.90. The molecule has 102 valence electrons. The van der Waals surface area contributed by atoms with Crippen LogP contribution >= 0.6 is 12.2 Å². The van der Waals surface area contributed by atoms with Crippen molar-refractivity contribution in [3.8, 4) is 5.75 Å². The third-order valence-corrected chi connectivity index (χ3v) is 2.38. The van der Waals surface area contributed by atoms with E-state index in [1.54, 1.807) is 13.8 Å². The number of rotatable bonds is 5. The number of hydrazone groups is 1. The van der Waals surface area contributed by atoms with Crippen LogP contribution < -0.4 is 15.9 Å². The maximum Gasteiger partial charge on any atom is 0.269 e. The van der Waals surface area contributed by atoms with Gasteiger partial charge in [0.25, 0.3) is 5.69 Å². The van der Waals surface area contributed by atoms with Crippen molar-refractivity contribution < 1.29 is 9.66 Å². The molecule has 0 radical (unpaired) electrons. The lowest BCUT2D eigenvalue weighted by Gasteiger charge is -2.14. The van der Waals surface area contributed by atoms with Gasteiger partial charge in [0.15, 0.2) is 5.11 Å². The standard InChI is InChI=1S/C11H14N4O3S/c1-7(13-14-11(12)19)8(2)18-10-5-3-9(4-6-10)15(16)17/h3-6,8H,1-2H3,(H3,12,14,19)/b13-7+. The van der Waals surface area contributed by atoms with Gasteiger partial charge in [0.1, 0.15) is 11.9 Å². The number of thiocarbonyl (C=S) groups is 1. The molecule has 0 aliphatic carbocycles. The molecule has 1 rings (SSSR count). The highest BCUT2D eigenvalue weighted by Crippen LogP contribution is 2.18. The first kappa shape index (κ1) is 14.8. The summed E-state index contributed by atoms with van der Waals surface area (Å²) >= 11 is 4.62. The Morgan fingerprint density at radius 2 is 2.11 bits per heavy atom. The molecule has 0 amide bonds. The third-order valence-electron chi connectivity index (χ3n) is 2.29. The average molecular weight is 282 g/mol. The van der Waals surface area contributed by atoms with Gasteiger partial charge in [-0.1, -0.05) is 0 Å². The van der Waals surface area contributed by atoms with Crippen LogP contribution in [0, 0.1) is 10.1 Å². The molecule has 1 aromatic rings. The topological polar surface area (TPSA) is 103 Å². The highest BCUT2D eigenvalue weighted by atomic mass is 32.1. The number of benzene rings is 1. The van der Waals surface area contributed by atoms with Crippen molar-refractivity contribution in [1.82, 2.24) is 5.43 Å². The molecule has 19 heavy (non-hydrogen) atoms. The van der Waals surface area contributed by atoms with Crippen molar-refractivity contribution in [2.24, 2.45) is 10.8 Å². The normalized spacial score (nSPS) is 12.6. The number of hydrogen-bond donors (Lipinski definition) is 2. The van der Waals surface area contributed by atoms with Crippen LogP contribution in [0.3, 0.4) is 0 Å². The first-order valence-corrected chi connectivity index (χ1v) is 5.81. The Hall–Kier alpha value is -2.22. The predicted octanol–water partition coefficient (Wildman–Crippen LogP) is 1.57. The second-order valence-corrected chi connectivity index (χ2v) is 4.18. The average Bonchev–Trinajstić information content (AvgIpc) is 2.36. The molecule has 0 fully saturated rings. The van der Waals surface area contributed by atoms with Crippen LogP contribution in [0.1, 0.15) is 13.8 Å². The number of nitro groups is 1. The minimum atomic E-state index is -0.466. The second-order valence-electron chi connectivity index (χ2n) is 3.74. The van der Waals surface area contributed by atoms with Crippen LogP contribution in [0.4, 0.5) is 5.69 Å².